The molecule has 0 bridgehead atoms. The third kappa shape index (κ3) is 8.42. The van der Waals surface area contributed by atoms with Crippen LogP contribution in [0, 0.1) is 35.7 Å². The first-order valence-corrected chi connectivity index (χ1v) is 11.2. The Kier molecular flexibility index (Phi) is 11.2. The van der Waals surface area contributed by atoms with Gasteiger partial charge in [-0.15, -0.1) is 35.4 Å². The molecule has 0 saturated carbocycles. The molecule has 2 aromatic carbocycles. The number of halogens is 4. The summed E-state index contributed by atoms with van der Waals surface area (Å²) < 4.78 is 51.7. The quantitative estimate of drug-likeness (QED) is 0.175. The smallest absolute Gasteiger partial charge is 0.360 e. The van der Waals surface area contributed by atoms with Gasteiger partial charge in [0.1, 0.15) is 11.6 Å². The maximum Gasteiger partial charge on any atom is 3.00 e. The summed E-state index contributed by atoms with van der Waals surface area (Å²) in [5.41, 5.74) is 2.34. The van der Waals surface area contributed by atoms with E-state index in [0.29, 0.717) is 33.8 Å². The summed E-state index contributed by atoms with van der Waals surface area (Å²) in [6.07, 6.45) is 10.0. The summed E-state index contributed by atoms with van der Waals surface area (Å²) in [6, 6.07) is 19.0. The van der Waals surface area contributed by atoms with E-state index < -0.39 is 23.3 Å². The number of benzene rings is 2. The molecule has 4 aromatic heterocycles. The van der Waals surface area contributed by atoms with Gasteiger partial charge in [0.2, 0.25) is 0 Å². The van der Waals surface area contributed by atoms with Crippen LogP contribution in [-0.4, -0.2) is 30.5 Å². The van der Waals surface area contributed by atoms with Gasteiger partial charge in [-0.25, -0.2) is 17.6 Å². The van der Waals surface area contributed by atoms with Crippen molar-refractivity contribution in [2.24, 2.45) is 0 Å². The van der Waals surface area contributed by atoms with Gasteiger partial charge in [0.15, 0.2) is 0 Å². The molecule has 0 aliphatic heterocycles. The molecule has 0 radical (unpaired) electrons. The molecular weight excluding hydrogens is 703 g/mol. The minimum Gasteiger partial charge on any atom is -0.360 e. The van der Waals surface area contributed by atoms with Gasteiger partial charge < -0.3 is 15.1 Å². The monoisotopic (exact) mass is 719 g/mol. The summed E-state index contributed by atoms with van der Waals surface area (Å²) in [6.45, 7) is 0. The van der Waals surface area contributed by atoms with E-state index in [4.69, 9.17) is 0 Å². The van der Waals surface area contributed by atoms with Gasteiger partial charge in [0.25, 0.3) is 0 Å². The van der Waals surface area contributed by atoms with Crippen LogP contribution in [0.5, 0.6) is 0 Å². The van der Waals surface area contributed by atoms with Crippen molar-refractivity contribution in [3.8, 4) is 33.8 Å². The van der Waals surface area contributed by atoms with E-state index in [9.17, 15) is 17.6 Å². The molecule has 7 nitrogen and oxygen atoms in total. The molecule has 0 aliphatic rings. The minimum atomic E-state index is -0.603. The third-order valence-electron chi connectivity index (χ3n) is 4.87. The van der Waals surface area contributed by atoms with Crippen molar-refractivity contribution in [2.75, 3.05) is 0 Å². The van der Waals surface area contributed by atoms with Crippen molar-refractivity contribution < 1.29 is 37.7 Å². The zero-order chi connectivity index (χ0) is 27.5. The predicted molar refractivity (Wildman–Crippen MR) is 133 cm³/mol. The molecule has 0 unspecified atom stereocenters. The van der Waals surface area contributed by atoms with E-state index >= 15 is 0 Å². The van der Waals surface area contributed by atoms with E-state index in [-0.39, 0.29) is 20.1 Å². The van der Waals surface area contributed by atoms with Crippen LogP contribution in [0.15, 0.2) is 97.5 Å². The molecule has 40 heavy (non-hydrogen) atoms. The standard InChI is InChI=1S/2C11H6F2N.C6H4N5.Ir/c2*12-9-3-4-10(11(13)6-9)8-2-1-5-14-7-8;1-2-4-7-5(3-1)6-8-10-11-9-6;/h2*1-6H;1-4H;/q3*-1;+3. The fraction of sp³-hybridized carbons (Fsp3) is 0. The molecule has 6 rings (SSSR count). The van der Waals surface area contributed by atoms with Gasteiger partial charge in [-0.05, 0) is 36.7 Å². The van der Waals surface area contributed by atoms with Gasteiger partial charge in [-0.2, -0.15) is 5.21 Å². The molecule has 200 valence electrons. The van der Waals surface area contributed by atoms with Crippen LogP contribution >= 0.6 is 0 Å². The normalized spacial score (nSPS) is 9.80. The molecule has 0 spiro atoms. The first-order valence-electron chi connectivity index (χ1n) is 11.2. The van der Waals surface area contributed by atoms with Crippen LogP contribution in [0.3, 0.4) is 0 Å². The second kappa shape index (κ2) is 15.1. The van der Waals surface area contributed by atoms with Crippen LogP contribution in [0.2, 0.25) is 0 Å². The molecule has 0 aliphatic carbocycles. The van der Waals surface area contributed by atoms with E-state index in [2.05, 4.69) is 48.0 Å². The Morgan fingerprint density at radius 1 is 0.625 bits per heavy atom. The Morgan fingerprint density at radius 3 is 1.60 bits per heavy atom. The van der Waals surface area contributed by atoms with Crippen LogP contribution < -0.4 is 5.10 Å². The number of tetrazole rings is 1. The van der Waals surface area contributed by atoms with Gasteiger partial charge in [0.05, 0.1) is 23.2 Å². The average Bonchev–Trinajstić information content (AvgIpc) is 3.51. The van der Waals surface area contributed by atoms with Crippen molar-refractivity contribution in [3.63, 3.8) is 0 Å². The molecule has 0 fully saturated rings. The summed E-state index contributed by atoms with van der Waals surface area (Å²) >= 11 is 0. The largest absolute Gasteiger partial charge is 3.00 e. The topological polar surface area (TPSA) is 91.4 Å². The summed E-state index contributed by atoms with van der Waals surface area (Å²) in [5, 5.41) is 14.0. The maximum atomic E-state index is 13.2. The van der Waals surface area contributed by atoms with E-state index in [0.717, 1.165) is 12.1 Å². The average molecular weight is 719 g/mol. The van der Waals surface area contributed by atoms with Crippen molar-refractivity contribution in [2.45, 2.75) is 0 Å². The van der Waals surface area contributed by atoms with Crippen molar-refractivity contribution in [3.05, 3.63) is 133 Å². The maximum absolute atomic E-state index is 13.2. The molecule has 0 amide bonds. The Labute approximate surface area is 239 Å². The van der Waals surface area contributed by atoms with Crippen molar-refractivity contribution >= 4 is 0 Å². The van der Waals surface area contributed by atoms with E-state index in [1.165, 1.54) is 24.3 Å². The number of hydrogen-bond acceptors (Lipinski definition) is 6. The number of pyridine rings is 3. The van der Waals surface area contributed by atoms with E-state index in [1.807, 2.05) is 12.1 Å². The number of nitrogens with zero attached hydrogens (tertiary/aromatic N) is 7. The van der Waals surface area contributed by atoms with Gasteiger partial charge in [-0.3, -0.25) is 15.3 Å². The van der Waals surface area contributed by atoms with Gasteiger partial charge >= 0.3 is 20.1 Å². The number of hydrogen-bond donors (Lipinski definition) is 0. The third-order valence-corrected chi connectivity index (χ3v) is 4.87. The molecule has 0 saturated heterocycles. The summed E-state index contributed by atoms with van der Waals surface area (Å²) in [7, 11) is 0. The Bertz CT molecular complexity index is 1510. The van der Waals surface area contributed by atoms with Gasteiger partial charge in [-0.1, -0.05) is 41.7 Å². The molecule has 12 heteroatoms. The van der Waals surface area contributed by atoms with Crippen LogP contribution in [-0.2, 0) is 20.1 Å². The first kappa shape index (κ1) is 29.9. The zero-order valence-electron chi connectivity index (χ0n) is 20.2. The Morgan fingerprint density at radius 2 is 1.20 bits per heavy atom. The second-order valence-corrected chi connectivity index (χ2v) is 7.49. The number of aromatic nitrogens is 7. The Hall–Kier alpha value is -4.67. The van der Waals surface area contributed by atoms with Crippen LogP contribution in [0.1, 0.15) is 0 Å². The Balaban J connectivity index is 0.000000165. The molecule has 0 N–H and O–H groups in total. The molecule has 0 atom stereocenters. The first-order chi connectivity index (χ1) is 19.0. The second-order valence-electron chi connectivity index (χ2n) is 7.49. The van der Waals surface area contributed by atoms with E-state index in [1.54, 1.807) is 48.9 Å². The van der Waals surface area contributed by atoms with Crippen LogP contribution in [0.4, 0.5) is 17.6 Å². The number of rotatable bonds is 3. The molecule has 4 heterocycles. The fourth-order valence-corrected chi connectivity index (χ4v) is 3.11. The SMILES string of the molecule is Fc1ccc(-c2[c-]nccc2)c(F)c1.Fc1ccc(-c2[c-]nccc2)c(F)c1.[Ir+3].c1ccc(-c2nnn[n-]2)nc1. The molecule has 6 aromatic rings. The van der Waals surface area contributed by atoms with Crippen molar-refractivity contribution in [1.29, 1.82) is 0 Å². The van der Waals surface area contributed by atoms with Gasteiger partial charge in [0, 0.05) is 18.3 Å². The summed E-state index contributed by atoms with van der Waals surface area (Å²) in [4.78, 5) is 11.5. The van der Waals surface area contributed by atoms with Crippen molar-refractivity contribution in [1.82, 2.24) is 35.6 Å². The van der Waals surface area contributed by atoms with Crippen LogP contribution in [0.25, 0.3) is 33.8 Å². The summed E-state index contributed by atoms with van der Waals surface area (Å²) in [5.74, 6) is -1.92. The zero-order valence-corrected chi connectivity index (χ0v) is 22.6. The molecular formula is C28H16F4IrN7. The predicted octanol–water partition coefficient (Wildman–Crippen LogP) is 5.54. The minimum absolute atomic E-state index is 0. The fourth-order valence-electron chi connectivity index (χ4n) is 3.11.